The van der Waals surface area contributed by atoms with E-state index in [1.165, 1.54) is 12.1 Å². The Balaban J connectivity index is 1.52. The molecule has 0 saturated carbocycles. The molecule has 1 aliphatic rings. The SMILES string of the molecule is CC[C@H]1CN(c2ccc(CF)cc2)C(=O)c2cc(C(=O)NCc3ccc(S(=O)(=O)CC)cc3)ccc21. The van der Waals surface area contributed by atoms with Crippen LogP contribution in [0.1, 0.15) is 63.6 Å². The average Bonchev–Trinajstić information content (AvgIpc) is 2.92. The van der Waals surface area contributed by atoms with Crippen LogP contribution in [0.15, 0.2) is 71.6 Å². The highest BCUT2D eigenvalue weighted by atomic mass is 32.2. The molecule has 0 aromatic heterocycles. The fraction of sp³-hybridized carbons (Fsp3) is 0.286. The predicted molar refractivity (Wildman–Crippen MR) is 138 cm³/mol. The fourth-order valence-corrected chi connectivity index (χ4v) is 5.27. The molecule has 0 spiro atoms. The Morgan fingerprint density at radius 3 is 2.28 bits per heavy atom. The molecular weight excluding hydrogens is 479 g/mol. The number of nitrogens with zero attached hydrogens (tertiary/aromatic N) is 1. The van der Waals surface area contributed by atoms with Crippen molar-refractivity contribution in [1.82, 2.24) is 5.32 Å². The quantitative estimate of drug-likeness (QED) is 0.462. The molecule has 6 nitrogen and oxygen atoms in total. The van der Waals surface area contributed by atoms with E-state index in [1.807, 2.05) is 6.07 Å². The summed E-state index contributed by atoms with van der Waals surface area (Å²) in [6.45, 7) is 3.84. The van der Waals surface area contributed by atoms with Crippen LogP contribution >= 0.6 is 0 Å². The zero-order valence-corrected chi connectivity index (χ0v) is 21.1. The molecule has 188 valence electrons. The minimum absolute atomic E-state index is 0.0272. The van der Waals surface area contributed by atoms with Crippen molar-refractivity contribution in [1.29, 1.82) is 0 Å². The molecule has 2 amide bonds. The van der Waals surface area contributed by atoms with Crippen molar-refractivity contribution >= 4 is 27.3 Å². The first-order chi connectivity index (χ1) is 17.3. The Bertz CT molecular complexity index is 1370. The van der Waals surface area contributed by atoms with Crippen LogP contribution in [0.3, 0.4) is 0 Å². The molecule has 3 aromatic carbocycles. The van der Waals surface area contributed by atoms with Gasteiger partial charge in [0.2, 0.25) is 0 Å². The van der Waals surface area contributed by atoms with Gasteiger partial charge >= 0.3 is 0 Å². The van der Waals surface area contributed by atoms with Crippen LogP contribution in [0.25, 0.3) is 0 Å². The second-order valence-electron chi connectivity index (χ2n) is 8.85. The molecule has 1 atom stereocenters. The van der Waals surface area contributed by atoms with E-state index >= 15 is 0 Å². The van der Waals surface area contributed by atoms with Gasteiger partial charge in [-0.15, -0.1) is 0 Å². The van der Waals surface area contributed by atoms with Gasteiger partial charge < -0.3 is 10.2 Å². The molecule has 0 aliphatic carbocycles. The molecule has 36 heavy (non-hydrogen) atoms. The van der Waals surface area contributed by atoms with E-state index in [9.17, 15) is 22.4 Å². The first-order valence-electron chi connectivity index (χ1n) is 12.0. The Hall–Kier alpha value is -3.52. The van der Waals surface area contributed by atoms with Crippen LogP contribution in [-0.2, 0) is 23.1 Å². The number of hydrogen-bond acceptors (Lipinski definition) is 4. The Labute approximate surface area is 211 Å². The van der Waals surface area contributed by atoms with Crippen molar-refractivity contribution in [3.05, 3.63) is 94.5 Å². The van der Waals surface area contributed by atoms with Crippen molar-refractivity contribution in [2.75, 3.05) is 17.2 Å². The summed E-state index contributed by atoms with van der Waals surface area (Å²) in [5.74, 6) is -0.369. The lowest BCUT2D eigenvalue weighted by Crippen LogP contribution is -2.40. The summed E-state index contributed by atoms with van der Waals surface area (Å²) >= 11 is 0. The number of halogens is 1. The van der Waals surface area contributed by atoms with Gasteiger partial charge in [-0.1, -0.05) is 44.2 Å². The molecule has 4 rings (SSSR count). The third-order valence-electron chi connectivity index (χ3n) is 6.64. The van der Waals surface area contributed by atoms with E-state index in [0.717, 1.165) is 17.5 Å². The number of hydrogen-bond donors (Lipinski definition) is 1. The van der Waals surface area contributed by atoms with E-state index in [2.05, 4.69) is 12.2 Å². The monoisotopic (exact) mass is 508 g/mol. The number of sulfone groups is 1. The maximum Gasteiger partial charge on any atom is 0.258 e. The average molecular weight is 509 g/mol. The zero-order valence-electron chi connectivity index (χ0n) is 20.3. The minimum Gasteiger partial charge on any atom is -0.348 e. The van der Waals surface area contributed by atoms with Gasteiger partial charge in [0.1, 0.15) is 6.67 Å². The van der Waals surface area contributed by atoms with Crippen LogP contribution in [-0.4, -0.2) is 32.5 Å². The molecular formula is C28H29FN2O4S. The summed E-state index contributed by atoms with van der Waals surface area (Å²) in [6, 6.07) is 18.5. The van der Waals surface area contributed by atoms with Crippen molar-refractivity contribution in [2.24, 2.45) is 0 Å². The molecule has 1 aliphatic heterocycles. The Morgan fingerprint density at radius 1 is 1.00 bits per heavy atom. The Morgan fingerprint density at radius 2 is 1.67 bits per heavy atom. The maximum atomic E-state index is 13.4. The molecule has 1 N–H and O–H groups in total. The van der Waals surface area contributed by atoms with Gasteiger partial charge in [0.25, 0.3) is 11.8 Å². The lowest BCUT2D eigenvalue weighted by Gasteiger charge is -2.34. The first-order valence-corrected chi connectivity index (χ1v) is 13.6. The van der Waals surface area contributed by atoms with E-state index in [1.54, 1.807) is 60.4 Å². The van der Waals surface area contributed by atoms with Gasteiger partial charge in [-0.3, -0.25) is 9.59 Å². The number of benzene rings is 3. The summed E-state index contributed by atoms with van der Waals surface area (Å²) in [6.07, 6.45) is 0.828. The molecule has 0 fully saturated rings. The number of nitrogens with one attached hydrogen (secondary N) is 1. The van der Waals surface area contributed by atoms with Crippen molar-refractivity contribution in [3.8, 4) is 0 Å². The predicted octanol–water partition coefficient (Wildman–Crippen LogP) is 5.03. The van der Waals surface area contributed by atoms with Gasteiger partial charge in [0.05, 0.1) is 10.6 Å². The summed E-state index contributed by atoms with van der Waals surface area (Å²) in [7, 11) is -3.28. The van der Waals surface area contributed by atoms with Gasteiger partial charge in [-0.2, -0.15) is 0 Å². The van der Waals surface area contributed by atoms with Crippen LogP contribution < -0.4 is 10.2 Å². The third-order valence-corrected chi connectivity index (χ3v) is 8.40. The molecule has 1 heterocycles. The van der Waals surface area contributed by atoms with E-state index < -0.39 is 16.5 Å². The highest BCUT2D eigenvalue weighted by Crippen LogP contribution is 2.34. The topological polar surface area (TPSA) is 83.6 Å². The largest absolute Gasteiger partial charge is 0.348 e. The van der Waals surface area contributed by atoms with Crippen LogP contribution in [0.2, 0.25) is 0 Å². The minimum atomic E-state index is -3.28. The second kappa shape index (κ2) is 10.6. The summed E-state index contributed by atoms with van der Waals surface area (Å²) in [5.41, 5.74) is 3.80. The van der Waals surface area contributed by atoms with E-state index in [-0.39, 0.29) is 34.9 Å². The highest BCUT2D eigenvalue weighted by Gasteiger charge is 2.32. The summed E-state index contributed by atoms with van der Waals surface area (Å²) in [4.78, 5) is 28.2. The number of alkyl halides is 1. The van der Waals surface area contributed by atoms with Crippen LogP contribution in [0.4, 0.5) is 10.1 Å². The number of anilines is 1. The first kappa shape index (κ1) is 25.6. The molecule has 0 unspecified atom stereocenters. The summed E-state index contributed by atoms with van der Waals surface area (Å²) in [5, 5.41) is 2.84. The maximum absolute atomic E-state index is 13.4. The lowest BCUT2D eigenvalue weighted by atomic mass is 9.86. The molecule has 0 radical (unpaired) electrons. The molecule has 0 saturated heterocycles. The number of fused-ring (bicyclic) bond motifs is 1. The fourth-order valence-electron chi connectivity index (χ4n) is 4.39. The standard InChI is InChI=1S/C28H29FN2O4S/c1-3-21-18-31(23-10-5-19(16-29)6-11-23)28(33)26-15-22(9-14-25(21)26)27(32)30-17-20-7-12-24(13-8-20)36(34,35)4-2/h5-15,21H,3-4,16-18H2,1-2H3,(H,30,32)/t21-/m0/s1. The number of amides is 2. The zero-order chi connectivity index (χ0) is 25.9. The third kappa shape index (κ3) is 5.18. The van der Waals surface area contributed by atoms with Gasteiger partial charge in [-0.05, 0) is 59.5 Å². The highest BCUT2D eigenvalue weighted by molar-refractivity contribution is 7.91. The molecule has 3 aromatic rings. The van der Waals surface area contributed by atoms with Crippen molar-refractivity contribution in [2.45, 2.75) is 44.3 Å². The number of carbonyl (C=O) groups excluding carboxylic acids is 2. The number of rotatable bonds is 8. The van der Waals surface area contributed by atoms with Crippen molar-refractivity contribution < 1.29 is 22.4 Å². The van der Waals surface area contributed by atoms with E-state index in [4.69, 9.17) is 0 Å². The Kier molecular flexibility index (Phi) is 7.54. The van der Waals surface area contributed by atoms with Crippen molar-refractivity contribution in [3.63, 3.8) is 0 Å². The molecule has 0 bridgehead atoms. The van der Waals surface area contributed by atoms with Gasteiger partial charge in [-0.25, -0.2) is 12.8 Å². The second-order valence-corrected chi connectivity index (χ2v) is 11.1. The van der Waals surface area contributed by atoms with Gasteiger partial charge in [0, 0.05) is 35.8 Å². The van der Waals surface area contributed by atoms with Crippen LogP contribution in [0, 0.1) is 0 Å². The smallest absolute Gasteiger partial charge is 0.258 e. The summed E-state index contributed by atoms with van der Waals surface area (Å²) < 4.78 is 36.9. The van der Waals surface area contributed by atoms with Crippen LogP contribution in [0.5, 0.6) is 0 Å². The number of carbonyl (C=O) groups is 2. The normalized spacial score (nSPS) is 15.5. The van der Waals surface area contributed by atoms with Gasteiger partial charge in [0.15, 0.2) is 9.84 Å². The lowest BCUT2D eigenvalue weighted by molar-refractivity contribution is 0.0951. The molecule has 8 heteroatoms. The van der Waals surface area contributed by atoms with E-state index in [0.29, 0.717) is 28.9 Å².